The lowest BCUT2D eigenvalue weighted by atomic mass is 9.81. The molecule has 0 saturated heterocycles. The highest BCUT2D eigenvalue weighted by Crippen LogP contribution is 2.29. The number of hydrogen-bond donors (Lipinski definition) is 1. The molecule has 0 spiro atoms. The maximum atomic E-state index is 3.65. The van der Waals surface area contributed by atoms with Crippen LogP contribution in [-0.2, 0) is 0 Å². The van der Waals surface area contributed by atoms with E-state index in [1.807, 2.05) is 0 Å². The summed E-state index contributed by atoms with van der Waals surface area (Å²) in [5, 5.41) is 3.65. The van der Waals surface area contributed by atoms with Crippen molar-refractivity contribution in [3.63, 3.8) is 0 Å². The molecule has 114 valence electrons. The number of nitrogens with zero attached hydrogens (tertiary/aromatic N) is 1. The monoisotopic (exact) mass is 268 g/mol. The van der Waals surface area contributed by atoms with Crippen molar-refractivity contribution in [1.82, 2.24) is 10.2 Å². The predicted molar refractivity (Wildman–Crippen MR) is 85.6 cm³/mol. The van der Waals surface area contributed by atoms with Crippen LogP contribution in [-0.4, -0.2) is 38.1 Å². The molecule has 0 amide bonds. The third-order valence-corrected chi connectivity index (χ3v) is 5.08. The van der Waals surface area contributed by atoms with Crippen molar-refractivity contribution in [3.8, 4) is 0 Å². The van der Waals surface area contributed by atoms with Crippen LogP contribution < -0.4 is 5.32 Å². The summed E-state index contributed by atoms with van der Waals surface area (Å²) in [5.41, 5.74) is 0.475. The van der Waals surface area contributed by atoms with Gasteiger partial charge in [0, 0.05) is 19.6 Å². The summed E-state index contributed by atoms with van der Waals surface area (Å²) in [6.07, 6.45) is 9.66. The molecule has 0 bridgehead atoms. The molecule has 1 fully saturated rings. The topological polar surface area (TPSA) is 15.3 Å². The zero-order chi connectivity index (χ0) is 14.1. The maximum Gasteiger partial charge on any atom is 0.00470 e. The summed E-state index contributed by atoms with van der Waals surface area (Å²) in [5.74, 6) is 0.972. The lowest BCUT2D eigenvalue weighted by Crippen LogP contribution is -2.43. The Morgan fingerprint density at radius 3 is 2.26 bits per heavy atom. The second-order valence-electron chi connectivity index (χ2n) is 6.73. The highest BCUT2D eigenvalue weighted by molar-refractivity contribution is 4.83. The minimum atomic E-state index is 0.475. The summed E-state index contributed by atoms with van der Waals surface area (Å²) in [4.78, 5) is 2.61. The minimum absolute atomic E-state index is 0.475. The molecule has 1 N–H and O–H groups in total. The Morgan fingerprint density at radius 1 is 1.11 bits per heavy atom. The highest BCUT2D eigenvalue weighted by Gasteiger charge is 2.28. The summed E-state index contributed by atoms with van der Waals surface area (Å²) >= 11 is 0. The van der Waals surface area contributed by atoms with Crippen LogP contribution in [0.1, 0.15) is 65.7 Å². The van der Waals surface area contributed by atoms with Gasteiger partial charge in [0.05, 0.1) is 0 Å². The summed E-state index contributed by atoms with van der Waals surface area (Å²) < 4.78 is 0. The third kappa shape index (κ3) is 5.83. The van der Waals surface area contributed by atoms with Crippen molar-refractivity contribution in [1.29, 1.82) is 0 Å². The number of hydrogen-bond acceptors (Lipinski definition) is 2. The van der Waals surface area contributed by atoms with Gasteiger partial charge in [0.25, 0.3) is 0 Å². The lowest BCUT2D eigenvalue weighted by Gasteiger charge is -2.37. The first-order valence-electron chi connectivity index (χ1n) is 8.55. The van der Waals surface area contributed by atoms with Crippen molar-refractivity contribution >= 4 is 0 Å². The smallest absolute Gasteiger partial charge is 0.00470 e. The molecular formula is C17H36N2. The summed E-state index contributed by atoms with van der Waals surface area (Å²) in [6, 6.07) is 0. The van der Waals surface area contributed by atoms with Crippen molar-refractivity contribution in [2.45, 2.75) is 65.7 Å². The fourth-order valence-electron chi connectivity index (χ4n) is 3.58. The fraction of sp³-hybridized carbons (Fsp3) is 1.00. The van der Waals surface area contributed by atoms with Crippen molar-refractivity contribution in [2.75, 3.05) is 33.2 Å². The zero-order valence-corrected chi connectivity index (χ0v) is 13.8. The molecule has 0 atom stereocenters. The average Bonchev–Trinajstić information content (AvgIpc) is 2.90. The van der Waals surface area contributed by atoms with Crippen molar-refractivity contribution in [3.05, 3.63) is 0 Å². The highest BCUT2D eigenvalue weighted by atomic mass is 15.1. The van der Waals surface area contributed by atoms with E-state index in [2.05, 4.69) is 38.0 Å². The molecule has 1 aliphatic carbocycles. The van der Waals surface area contributed by atoms with Gasteiger partial charge >= 0.3 is 0 Å². The quantitative estimate of drug-likeness (QED) is 0.604. The Hall–Kier alpha value is -0.0800. The number of rotatable bonds is 10. The molecule has 0 radical (unpaired) electrons. The molecule has 0 aliphatic heterocycles. The van der Waals surface area contributed by atoms with Gasteiger partial charge in [-0.3, -0.25) is 0 Å². The standard InChI is InChI=1S/C17H36N2/c1-5-12-18-14-17(6-2,7-3)15-19(4)13-16-10-8-9-11-16/h16,18H,5-15H2,1-4H3. The van der Waals surface area contributed by atoms with Crippen LogP contribution in [0.4, 0.5) is 0 Å². The molecule has 2 nitrogen and oxygen atoms in total. The zero-order valence-electron chi connectivity index (χ0n) is 13.8. The maximum absolute atomic E-state index is 3.65. The van der Waals surface area contributed by atoms with Gasteiger partial charge in [0.2, 0.25) is 0 Å². The van der Waals surface area contributed by atoms with E-state index in [1.165, 1.54) is 64.6 Å². The van der Waals surface area contributed by atoms with Gasteiger partial charge in [-0.25, -0.2) is 0 Å². The molecule has 0 heterocycles. The van der Waals surface area contributed by atoms with Gasteiger partial charge < -0.3 is 10.2 Å². The Bertz CT molecular complexity index is 217. The Balaban J connectivity index is 2.40. The van der Waals surface area contributed by atoms with Crippen LogP contribution in [0.3, 0.4) is 0 Å². The van der Waals surface area contributed by atoms with Crippen LogP contribution in [0.15, 0.2) is 0 Å². The molecule has 0 aromatic carbocycles. The summed E-state index contributed by atoms with van der Waals surface area (Å²) in [7, 11) is 2.33. The first-order valence-corrected chi connectivity index (χ1v) is 8.55. The SMILES string of the molecule is CCCNCC(CC)(CC)CN(C)CC1CCCC1. The predicted octanol–water partition coefficient (Wildman–Crippen LogP) is 3.91. The van der Waals surface area contributed by atoms with Crippen LogP contribution >= 0.6 is 0 Å². The van der Waals surface area contributed by atoms with Crippen molar-refractivity contribution in [2.24, 2.45) is 11.3 Å². The van der Waals surface area contributed by atoms with Gasteiger partial charge in [-0.15, -0.1) is 0 Å². The lowest BCUT2D eigenvalue weighted by molar-refractivity contribution is 0.142. The third-order valence-electron chi connectivity index (χ3n) is 5.08. The summed E-state index contributed by atoms with van der Waals surface area (Å²) in [6.45, 7) is 11.9. The van der Waals surface area contributed by atoms with E-state index in [0.717, 1.165) is 12.5 Å². The van der Waals surface area contributed by atoms with Gasteiger partial charge in [-0.2, -0.15) is 0 Å². The van der Waals surface area contributed by atoms with E-state index < -0.39 is 0 Å². The minimum Gasteiger partial charge on any atom is -0.316 e. The average molecular weight is 268 g/mol. The Morgan fingerprint density at radius 2 is 1.74 bits per heavy atom. The van der Waals surface area contributed by atoms with Crippen LogP contribution in [0.2, 0.25) is 0 Å². The normalized spacial score (nSPS) is 17.5. The van der Waals surface area contributed by atoms with E-state index in [-0.39, 0.29) is 0 Å². The Labute approximate surface area is 121 Å². The fourth-order valence-corrected chi connectivity index (χ4v) is 3.58. The second-order valence-corrected chi connectivity index (χ2v) is 6.73. The van der Waals surface area contributed by atoms with Crippen LogP contribution in [0.5, 0.6) is 0 Å². The van der Waals surface area contributed by atoms with E-state index in [1.54, 1.807) is 0 Å². The van der Waals surface area contributed by atoms with Crippen LogP contribution in [0, 0.1) is 11.3 Å². The molecule has 1 rings (SSSR count). The van der Waals surface area contributed by atoms with E-state index in [9.17, 15) is 0 Å². The molecule has 2 heteroatoms. The van der Waals surface area contributed by atoms with Gasteiger partial charge in [0.1, 0.15) is 0 Å². The number of nitrogens with one attached hydrogen (secondary N) is 1. The van der Waals surface area contributed by atoms with Crippen LogP contribution in [0.25, 0.3) is 0 Å². The van der Waals surface area contributed by atoms with Gasteiger partial charge in [-0.05, 0) is 57.0 Å². The molecule has 0 unspecified atom stereocenters. The molecular weight excluding hydrogens is 232 g/mol. The van der Waals surface area contributed by atoms with E-state index >= 15 is 0 Å². The van der Waals surface area contributed by atoms with E-state index in [0.29, 0.717) is 5.41 Å². The first kappa shape index (κ1) is 17.0. The molecule has 0 aromatic heterocycles. The molecule has 1 saturated carbocycles. The molecule has 0 aromatic rings. The Kier molecular flexibility index (Phi) is 8.01. The van der Waals surface area contributed by atoms with Gasteiger partial charge in [-0.1, -0.05) is 33.6 Å². The van der Waals surface area contributed by atoms with E-state index in [4.69, 9.17) is 0 Å². The first-order chi connectivity index (χ1) is 9.15. The van der Waals surface area contributed by atoms with Gasteiger partial charge in [0.15, 0.2) is 0 Å². The molecule has 19 heavy (non-hydrogen) atoms. The largest absolute Gasteiger partial charge is 0.316 e. The van der Waals surface area contributed by atoms with Crippen molar-refractivity contribution < 1.29 is 0 Å². The second kappa shape index (κ2) is 8.97. The molecule has 1 aliphatic rings.